The SMILES string of the molecule is OC[C@H]1O[C@H](OC[C@H]2O[C@H](O)[C@H](O)[C@@H](O)[C@@H]2O)[C@@H](O)[C@@H](O)[C@@H]1O. The molecular weight excluding hydrogens is 320 g/mol. The third-order valence-electron chi connectivity index (χ3n) is 3.96. The number of aliphatic hydroxyl groups excluding tert-OH is 8. The highest BCUT2D eigenvalue weighted by atomic mass is 16.7. The molecule has 0 saturated carbocycles. The molecule has 2 aliphatic rings. The zero-order valence-electron chi connectivity index (χ0n) is 12.0. The van der Waals surface area contributed by atoms with Gasteiger partial charge in [0.2, 0.25) is 0 Å². The van der Waals surface area contributed by atoms with Crippen LogP contribution in [0, 0.1) is 0 Å². The molecule has 8 N–H and O–H groups in total. The summed E-state index contributed by atoms with van der Waals surface area (Å²) in [5.41, 5.74) is 0. The van der Waals surface area contributed by atoms with Crippen molar-refractivity contribution in [2.24, 2.45) is 0 Å². The first-order valence-electron chi connectivity index (χ1n) is 7.07. The van der Waals surface area contributed by atoms with Gasteiger partial charge in [0.05, 0.1) is 13.2 Å². The van der Waals surface area contributed by atoms with Crippen LogP contribution in [0.4, 0.5) is 0 Å². The summed E-state index contributed by atoms with van der Waals surface area (Å²) in [6, 6.07) is 0. The van der Waals surface area contributed by atoms with Gasteiger partial charge in [0, 0.05) is 0 Å². The predicted molar refractivity (Wildman–Crippen MR) is 68.6 cm³/mol. The fourth-order valence-corrected chi connectivity index (χ4v) is 2.46. The quantitative estimate of drug-likeness (QED) is 0.243. The molecule has 0 aliphatic carbocycles. The summed E-state index contributed by atoms with van der Waals surface area (Å²) in [7, 11) is 0. The van der Waals surface area contributed by atoms with Crippen molar-refractivity contribution in [3.8, 4) is 0 Å². The molecule has 2 saturated heterocycles. The molecule has 0 unspecified atom stereocenters. The molecule has 11 nitrogen and oxygen atoms in total. The molecule has 10 atom stereocenters. The van der Waals surface area contributed by atoms with Crippen LogP contribution in [0.3, 0.4) is 0 Å². The summed E-state index contributed by atoms with van der Waals surface area (Å²) in [6.45, 7) is -1.10. The Bertz CT molecular complexity index is 380. The molecule has 0 spiro atoms. The van der Waals surface area contributed by atoms with E-state index in [1.54, 1.807) is 0 Å². The van der Waals surface area contributed by atoms with Gasteiger partial charge in [-0.05, 0) is 0 Å². The molecule has 0 aromatic carbocycles. The van der Waals surface area contributed by atoms with Crippen LogP contribution in [0.5, 0.6) is 0 Å². The molecule has 0 radical (unpaired) electrons. The van der Waals surface area contributed by atoms with Crippen molar-refractivity contribution in [1.82, 2.24) is 0 Å². The van der Waals surface area contributed by atoms with Gasteiger partial charge in [0.1, 0.15) is 48.8 Å². The molecule has 0 amide bonds. The van der Waals surface area contributed by atoms with Gasteiger partial charge < -0.3 is 55.1 Å². The van der Waals surface area contributed by atoms with E-state index < -0.39 is 74.6 Å². The molecule has 11 heteroatoms. The first kappa shape index (κ1) is 18.9. The Hall–Kier alpha value is -0.440. The fraction of sp³-hybridized carbons (Fsp3) is 1.00. The maximum Gasteiger partial charge on any atom is 0.186 e. The number of rotatable bonds is 4. The van der Waals surface area contributed by atoms with Crippen LogP contribution >= 0.6 is 0 Å². The van der Waals surface area contributed by atoms with Crippen molar-refractivity contribution < 1.29 is 55.1 Å². The lowest BCUT2D eigenvalue weighted by molar-refractivity contribution is -0.325. The third-order valence-corrected chi connectivity index (χ3v) is 3.96. The Morgan fingerprint density at radius 1 is 0.652 bits per heavy atom. The smallest absolute Gasteiger partial charge is 0.186 e. The van der Waals surface area contributed by atoms with Gasteiger partial charge in [-0.1, -0.05) is 0 Å². The van der Waals surface area contributed by atoms with Crippen molar-refractivity contribution in [2.75, 3.05) is 13.2 Å². The van der Waals surface area contributed by atoms with Crippen molar-refractivity contribution >= 4 is 0 Å². The highest BCUT2D eigenvalue weighted by Gasteiger charge is 2.46. The topological polar surface area (TPSA) is 190 Å². The average Bonchev–Trinajstić information content (AvgIpc) is 2.54. The Morgan fingerprint density at radius 2 is 1.22 bits per heavy atom. The van der Waals surface area contributed by atoms with Crippen molar-refractivity contribution in [3.05, 3.63) is 0 Å². The van der Waals surface area contributed by atoms with Crippen LogP contribution in [0.15, 0.2) is 0 Å². The summed E-state index contributed by atoms with van der Waals surface area (Å²) in [6.07, 6.45) is -15.3. The number of hydrogen-bond acceptors (Lipinski definition) is 11. The van der Waals surface area contributed by atoms with Crippen molar-refractivity contribution in [2.45, 2.75) is 61.4 Å². The summed E-state index contributed by atoms with van der Waals surface area (Å²) in [5.74, 6) is 0. The highest BCUT2D eigenvalue weighted by Crippen LogP contribution is 2.24. The molecular formula is C12H22O11. The Labute approximate surface area is 130 Å². The minimum absolute atomic E-state index is 0.468. The molecule has 2 aliphatic heterocycles. The largest absolute Gasteiger partial charge is 0.394 e. The van der Waals surface area contributed by atoms with Gasteiger partial charge in [0.25, 0.3) is 0 Å². The molecule has 0 aromatic rings. The predicted octanol–water partition coefficient (Wildman–Crippen LogP) is -5.40. The molecule has 2 fully saturated rings. The van der Waals surface area contributed by atoms with E-state index in [2.05, 4.69) is 0 Å². The summed E-state index contributed by atoms with van der Waals surface area (Å²) >= 11 is 0. The molecule has 136 valence electrons. The second-order valence-electron chi connectivity index (χ2n) is 5.57. The lowest BCUT2D eigenvalue weighted by Gasteiger charge is -2.41. The van der Waals surface area contributed by atoms with Crippen LogP contribution in [0.1, 0.15) is 0 Å². The molecule has 0 aromatic heterocycles. The van der Waals surface area contributed by atoms with Gasteiger partial charge in [0.15, 0.2) is 12.6 Å². The van der Waals surface area contributed by atoms with E-state index in [1.165, 1.54) is 0 Å². The van der Waals surface area contributed by atoms with Crippen LogP contribution in [0.25, 0.3) is 0 Å². The first-order chi connectivity index (χ1) is 10.8. The highest BCUT2D eigenvalue weighted by molar-refractivity contribution is 4.91. The van der Waals surface area contributed by atoms with Crippen LogP contribution in [-0.2, 0) is 14.2 Å². The molecule has 2 heterocycles. The summed E-state index contributed by atoms with van der Waals surface area (Å²) < 4.78 is 15.1. The number of ether oxygens (including phenoxy) is 3. The third kappa shape index (κ3) is 3.81. The summed E-state index contributed by atoms with van der Waals surface area (Å²) in [5, 5.41) is 76.1. The maximum absolute atomic E-state index is 9.78. The monoisotopic (exact) mass is 342 g/mol. The van der Waals surface area contributed by atoms with Crippen molar-refractivity contribution in [3.63, 3.8) is 0 Å². The van der Waals surface area contributed by atoms with Gasteiger partial charge in [-0.25, -0.2) is 0 Å². The second kappa shape index (κ2) is 7.63. The van der Waals surface area contributed by atoms with Crippen LogP contribution in [-0.4, -0.2) is 115 Å². The molecule has 23 heavy (non-hydrogen) atoms. The Balaban J connectivity index is 1.94. The molecule has 2 rings (SSSR count). The minimum atomic E-state index is -1.74. The first-order valence-corrected chi connectivity index (χ1v) is 7.07. The van der Waals surface area contributed by atoms with Gasteiger partial charge >= 0.3 is 0 Å². The zero-order chi connectivity index (χ0) is 17.3. The zero-order valence-corrected chi connectivity index (χ0v) is 12.0. The van der Waals surface area contributed by atoms with E-state index in [1.807, 2.05) is 0 Å². The second-order valence-corrected chi connectivity index (χ2v) is 5.57. The number of aliphatic hydroxyl groups is 8. The van der Waals surface area contributed by atoms with Gasteiger partial charge in [-0.2, -0.15) is 0 Å². The molecule has 0 bridgehead atoms. The van der Waals surface area contributed by atoms with Gasteiger partial charge in [-0.3, -0.25) is 0 Å². The van der Waals surface area contributed by atoms with E-state index in [4.69, 9.17) is 19.3 Å². The Morgan fingerprint density at radius 3 is 1.83 bits per heavy atom. The van der Waals surface area contributed by atoms with Crippen LogP contribution < -0.4 is 0 Å². The van der Waals surface area contributed by atoms with E-state index in [0.717, 1.165) is 0 Å². The van der Waals surface area contributed by atoms with Crippen molar-refractivity contribution in [1.29, 1.82) is 0 Å². The normalized spacial score (nSPS) is 51.7. The van der Waals surface area contributed by atoms with E-state index in [-0.39, 0.29) is 0 Å². The Kier molecular flexibility index (Phi) is 6.27. The maximum atomic E-state index is 9.78. The average molecular weight is 342 g/mol. The minimum Gasteiger partial charge on any atom is -0.394 e. The number of hydrogen-bond donors (Lipinski definition) is 8. The van der Waals surface area contributed by atoms with Crippen LogP contribution in [0.2, 0.25) is 0 Å². The fourth-order valence-electron chi connectivity index (χ4n) is 2.46. The standard InChI is InChI=1S/C12H22O11/c13-1-3-5(14)8(17)10(19)12(23-3)21-2-4-6(15)7(16)9(18)11(20)22-4/h3-20H,1-2H2/t3-,4-,5-,6-,7+,8+,9-,10+,11+,12+/m1/s1. The van der Waals surface area contributed by atoms with E-state index in [9.17, 15) is 35.7 Å². The van der Waals surface area contributed by atoms with Gasteiger partial charge in [-0.15, -0.1) is 0 Å². The lowest BCUT2D eigenvalue weighted by atomic mass is 9.98. The summed E-state index contributed by atoms with van der Waals surface area (Å²) in [4.78, 5) is 0. The van der Waals surface area contributed by atoms with E-state index in [0.29, 0.717) is 0 Å². The lowest BCUT2D eigenvalue weighted by Crippen LogP contribution is -2.61. The van der Waals surface area contributed by atoms with E-state index >= 15 is 0 Å².